The summed E-state index contributed by atoms with van der Waals surface area (Å²) in [5.74, 6) is -3.17. The van der Waals surface area contributed by atoms with Gasteiger partial charge < -0.3 is 10.6 Å². The predicted octanol–water partition coefficient (Wildman–Crippen LogP) is 4.86. The fourth-order valence-electron chi connectivity index (χ4n) is 1.89. The van der Waals surface area contributed by atoms with Gasteiger partial charge in [0, 0.05) is 16.8 Å². The molecule has 0 atom stereocenters. The van der Waals surface area contributed by atoms with E-state index in [1.165, 1.54) is 0 Å². The van der Waals surface area contributed by atoms with Crippen LogP contribution in [0.4, 0.5) is 20.2 Å². The molecule has 2 aromatic carbocycles. The molecular formula is C18H17ClF2N2O2. The SMILES string of the molecule is CC(C)(C)C(=O)Nc1cccc(NC(=O)c2cc(F)c(F)cc2Cl)c1. The first-order valence-corrected chi connectivity index (χ1v) is 7.83. The van der Waals surface area contributed by atoms with Crippen molar-refractivity contribution in [3.8, 4) is 0 Å². The summed E-state index contributed by atoms with van der Waals surface area (Å²) in [6, 6.07) is 7.93. The summed E-state index contributed by atoms with van der Waals surface area (Å²) in [4.78, 5) is 24.2. The van der Waals surface area contributed by atoms with Crippen LogP contribution >= 0.6 is 11.6 Å². The normalized spacial score (nSPS) is 11.1. The van der Waals surface area contributed by atoms with Gasteiger partial charge in [-0.2, -0.15) is 0 Å². The number of anilines is 2. The average Bonchev–Trinajstić information content (AvgIpc) is 2.50. The van der Waals surface area contributed by atoms with Crippen molar-refractivity contribution >= 4 is 34.8 Å². The average molecular weight is 367 g/mol. The molecule has 132 valence electrons. The van der Waals surface area contributed by atoms with Crippen molar-refractivity contribution < 1.29 is 18.4 Å². The Morgan fingerprint density at radius 3 is 2.12 bits per heavy atom. The monoisotopic (exact) mass is 366 g/mol. The Balaban J connectivity index is 2.18. The minimum atomic E-state index is -1.17. The lowest BCUT2D eigenvalue weighted by Crippen LogP contribution is -2.27. The van der Waals surface area contributed by atoms with Crippen LogP contribution in [-0.4, -0.2) is 11.8 Å². The molecule has 0 saturated carbocycles. The third kappa shape index (κ3) is 4.76. The van der Waals surface area contributed by atoms with Crippen LogP contribution in [0.2, 0.25) is 5.02 Å². The van der Waals surface area contributed by atoms with Crippen LogP contribution in [0, 0.1) is 17.0 Å². The lowest BCUT2D eigenvalue weighted by atomic mass is 9.95. The Morgan fingerprint density at radius 2 is 1.52 bits per heavy atom. The summed E-state index contributed by atoms with van der Waals surface area (Å²) >= 11 is 5.79. The zero-order chi connectivity index (χ0) is 18.8. The van der Waals surface area contributed by atoms with Crippen LogP contribution in [0.5, 0.6) is 0 Å². The minimum absolute atomic E-state index is 0.181. The van der Waals surface area contributed by atoms with Crippen LogP contribution in [0.15, 0.2) is 36.4 Å². The summed E-state index contributed by atoms with van der Waals surface area (Å²) in [6.07, 6.45) is 0. The molecule has 0 aliphatic rings. The zero-order valence-electron chi connectivity index (χ0n) is 13.9. The van der Waals surface area contributed by atoms with E-state index in [2.05, 4.69) is 10.6 Å². The number of amides is 2. The first-order valence-electron chi connectivity index (χ1n) is 7.45. The van der Waals surface area contributed by atoms with Crippen molar-refractivity contribution in [2.24, 2.45) is 5.41 Å². The molecule has 2 amide bonds. The lowest BCUT2D eigenvalue weighted by Gasteiger charge is -2.18. The summed E-state index contributed by atoms with van der Waals surface area (Å²) in [6.45, 7) is 5.33. The molecule has 0 radical (unpaired) electrons. The number of rotatable bonds is 3. The van der Waals surface area contributed by atoms with Crippen LogP contribution < -0.4 is 10.6 Å². The highest BCUT2D eigenvalue weighted by atomic mass is 35.5. The van der Waals surface area contributed by atoms with Crippen LogP contribution in [0.25, 0.3) is 0 Å². The van der Waals surface area contributed by atoms with E-state index in [9.17, 15) is 18.4 Å². The molecule has 0 heterocycles. The fraction of sp³-hybridized carbons (Fsp3) is 0.222. The largest absolute Gasteiger partial charge is 0.326 e. The van der Waals surface area contributed by atoms with E-state index in [1.54, 1.807) is 45.0 Å². The van der Waals surface area contributed by atoms with Crippen LogP contribution in [0.1, 0.15) is 31.1 Å². The molecule has 2 aromatic rings. The van der Waals surface area contributed by atoms with Gasteiger partial charge >= 0.3 is 0 Å². The van der Waals surface area contributed by atoms with Gasteiger partial charge in [-0.1, -0.05) is 38.4 Å². The highest BCUT2D eigenvalue weighted by Crippen LogP contribution is 2.23. The second-order valence-corrected chi connectivity index (χ2v) is 6.89. The molecule has 0 aliphatic carbocycles. The van der Waals surface area contributed by atoms with Crippen molar-refractivity contribution in [3.05, 3.63) is 58.6 Å². The van der Waals surface area contributed by atoms with Crippen molar-refractivity contribution in [1.82, 2.24) is 0 Å². The first kappa shape index (κ1) is 18.9. The number of hydrogen-bond acceptors (Lipinski definition) is 2. The summed E-state index contributed by atoms with van der Waals surface area (Å²) in [5.41, 5.74) is 0.106. The summed E-state index contributed by atoms with van der Waals surface area (Å²) in [5, 5.41) is 5.07. The quantitative estimate of drug-likeness (QED) is 0.762. The Bertz CT molecular complexity index is 832. The lowest BCUT2D eigenvalue weighted by molar-refractivity contribution is -0.123. The number of carbonyl (C=O) groups excluding carboxylic acids is 2. The molecule has 25 heavy (non-hydrogen) atoms. The van der Waals surface area contributed by atoms with E-state index < -0.39 is 23.0 Å². The van der Waals surface area contributed by atoms with Gasteiger partial charge in [0.25, 0.3) is 5.91 Å². The van der Waals surface area contributed by atoms with Gasteiger partial charge in [0.1, 0.15) is 0 Å². The third-order valence-electron chi connectivity index (χ3n) is 3.31. The van der Waals surface area contributed by atoms with Gasteiger partial charge in [-0.15, -0.1) is 0 Å². The minimum Gasteiger partial charge on any atom is -0.326 e. The molecule has 0 aliphatic heterocycles. The predicted molar refractivity (Wildman–Crippen MR) is 93.8 cm³/mol. The molecule has 2 N–H and O–H groups in total. The highest BCUT2D eigenvalue weighted by molar-refractivity contribution is 6.34. The van der Waals surface area contributed by atoms with Gasteiger partial charge in [-0.05, 0) is 30.3 Å². The number of halogens is 3. The molecular weight excluding hydrogens is 350 g/mol. The van der Waals surface area contributed by atoms with E-state index in [-0.39, 0.29) is 16.5 Å². The Labute approximate surface area is 149 Å². The topological polar surface area (TPSA) is 58.2 Å². The Kier molecular flexibility index (Phi) is 5.42. The van der Waals surface area contributed by atoms with Crippen molar-refractivity contribution in [1.29, 1.82) is 0 Å². The fourth-order valence-corrected chi connectivity index (χ4v) is 2.12. The maximum Gasteiger partial charge on any atom is 0.257 e. The molecule has 0 saturated heterocycles. The third-order valence-corrected chi connectivity index (χ3v) is 3.63. The maximum absolute atomic E-state index is 13.3. The van der Waals surface area contributed by atoms with E-state index in [1.807, 2.05) is 0 Å². The van der Waals surface area contributed by atoms with Gasteiger partial charge in [0.15, 0.2) is 11.6 Å². The number of hydrogen-bond donors (Lipinski definition) is 2. The van der Waals surface area contributed by atoms with Crippen molar-refractivity contribution in [2.45, 2.75) is 20.8 Å². The molecule has 0 fully saturated rings. The number of carbonyl (C=O) groups is 2. The Hall–Kier alpha value is -2.47. The van der Waals surface area contributed by atoms with Gasteiger partial charge in [0.05, 0.1) is 10.6 Å². The van der Waals surface area contributed by atoms with Crippen LogP contribution in [0.3, 0.4) is 0 Å². The Morgan fingerprint density at radius 1 is 0.960 bits per heavy atom. The molecule has 0 bridgehead atoms. The highest BCUT2D eigenvalue weighted by Gasteiger charge is 2.21. The molecule has 2 rings (SSSR count). The molecule has 7 heteroatoms. The summed E-state index contributed by atoms with van der Waals surface area (Å²) < 4.78 is 26.4. The number of benzene rings is 2. The second-order valence-electron chi connectivity index (χ2n) is 6.49. The van der Waals surface area contributed by atoms with Crippen LogP contribution in [-0.2, 0) is 4.79 Å². The smallest absolute Gasteiger partial charge is 0.257 e. The molecule has 0 spiro atoms. The molecule has 0 unspecified atom stereocenters. The van der Waals surface area contributed by atoms with E-state index >= 15 is 0 Å². The second kappa shape index (κ2) is 7.19. The zero-order valence-corrected chi connectivity index (χ0v) is 14.7. The van der Waals surface area contributed by atoms with Gasteiger partial charge in [-0.3, -0.25) is 9.59 Å². The van der Waals surface area contributed by atoms with E-state index in [0.717, 1.165) is 12.1 Å². The summed E-state index contributed by atoms with van der Waals surface area (Å²) in [7, 11) is 0. The van der Waals surface area contributed by atoms with Crippen molar-refractivity contribution in [3.63, 3.8) is 0 Å². The standard InChI is InChI=1S/C18H17ClF2N2O2/c1-18(2,3)17(25)23-11-6-4-5-10(7-11)22-16(24)12-8-14(20)15(21)9-13(12)19/h4-9H,1-3H3,(H,22,24)(H,23,25). The van der Waals surface area contributed by atoms with Crippen molar-refractivity contribution in [2.75, 3.05) is 10.6 Å². The maximum atomic E-state index is 13.3. The van der Waals surface area contributed by atoms with E-state index in [4.69, 9.17) is 11.6 Å². The number of nitrogens with one attached hydrogen (secondary N) is 2. The first-order chi connectivity index (χ1) is 11.6. The van der Waals surface area contributed by atoms with E-state index in [0.29, 0.717) is 11.4 Å². The molecule has 4 nitrogen and oxygen atoms in total. The molecule has 0 aromatic heterocycles. The van der Waals surface area contributed by atoms with Gasteiger partial charge in [0.2, 0.25) is 5.91 Å². The van der Waals surface area contributed by atoms with Gasteiger partial charge in [-0.25, -0.2) is 8.78 Å².